The monoisotopic (exact) mass is 243 g/mol. The molecule has 0 spiro atoms. The predicted molar refractivity (Wildman–Crippen MR) is 72.6 cm³/mol. The highest BCUT2D eigenvalue weighted by Gasteiger charge is 2.35. The average Bonchev–Trinajstić information content (AvgIpc) is 2.38. The third kappa shape index (κ3) is 1.97. The normalized spacial score (nSPS) is 14.3. The van der Waals surface area contributed by atoms with Crippen LogP contribution in [0.1, 0.15) is 19.4 Å². The Morgan fingerprint density at radius 1 is 1.22 bits per heavy atom. The molecule has 0 heterocycles. The lowest BCUT2D eigenvalue weighted by Gasteiger charge is -2.27. The second-order valence-electron chi connectivity index (χ2n) is 4.49. The first kappa shape index (κ1) is 12.6. The summed E-state index contributed by atoms with van der Waals surface area (Å²) in [5.41, 5.74) is -0.259. The molecule has 1 unspecified atom stereocenters. The summed E-state index contributed by atoms with van der Waals surface area (Å²) < 4.78 is 0. The number of aliphatic carboxylic acids is 1. The molecule has 94 valence electrons. The van der Waals surface area contributed by atoms with Crippen LogP contribution in [0.15, 0.2) is 42.5 Å². The topological polar surface area (TPSA) is 49.3 Å². The molecule has 0 aliphatic carbocycles. The maximum Gasteiger partial charge on any atom is 0.328 e. The van der Waals surface area contributed by atoms with Gasteiger partial charge in [0.1, 0.15) is 5.54 Å². The molecule has 0 fully saturated rings. The summed E-state index contributed by atoms with van der Waals surface area (Å²) in [6, 6.07) is 13.6. The fraction of sp³-hybridized carbons (Fsp3) is 0.267. The predicted octanol–water partition coefficient (Wildman–Crippen LogP) is 2.75. The van der Waals surface area contributed by atoms with Crippen molar-refractivity contribution < 1.29 is 9.90 Å². The lowest BCUT2D eigenvalue weighted by atomic mass is 9.88. The van der Waals surface area contributed by atoms with Crippen LogP contribution in [0.3, 0.4) is 0 Å². The van der Waals surface area contributed by atoms with Gasteiger partial charge in [0.05, 0.1) is 0 Å². The number of carbonyl (C=O) groups is 1. The minimum Gasteiger partial charge on any atom is -0.480 e. The van der Waals surface area contributed by atoms with Crippen molar-refractivity contribution >= 4 is 16.7 Å². The molecule has 0 radical (unpaired) electrons. The molecule has 0 aliphatic heterocycles. The Morgan fingerprint density at radius 2 is 1.89 bits per heavy atom. The molecule has 3 nitrogen and oxygen atoms in total. The van der Waals surface area contributed by atoms with Gasteiger partial charge in [0.15, 0.2) is 0 Å². The maximum absolute atomic E-state index is 11.6. The van der Waals surface area contributed by atoms with Gasteiger partial charge in [-0.3, -0.25) is 5.32 Å². The van der Waals surface area contributed by atoms with E-state index >= 15 is 0 Å². The second kappa shape index (κ2) is 4.78. The molecule has 3 heteroatoms. The molecule has 0 aliphatic rings. The van der Waals surface area contributed by atoms with Crippen molar-refractivity contribution in [3.8, 4) is 0 Å². The third-order valence-corrected chi connectivity index (χ3v) is 3.29. The van der Waals surface area contributed by atoms with Gasteiger partial charge in [-0.05, 0) is 29.8 Å². The van der Waals surface area contributed by atoms with Crippen LogP contribution in [-0.4, -0.2) is 17.6 Å². The summed E-state index contributed by atoms with van der Waals surface area (Å²) in [4.78, 5) is 11.6. The largest absolute Gasteiger partial charge is 0.480 e. The van der Waals surface area contributed by atoms with E-state index in [0.29, 0.717) is 6.54 Å². The highest BCUT2D eigenvalue weighted by molar-refractivity contribution is 5.92. The number of hydrogen-bond acceptors (Lipinski definition) is 2. The molecule has 0 amide bonds. The fourth-order valence-electron chi connectivity index (χ4n) is 2.30. The fourth-order valence-corrected chi connectivity index (χ4v) is 2.30. The Kier molecular flexibility index (Phi) is 3.34. The molecule has 0 bridgehead atoms. The van der Waals surface area contributed by atoms with Gasteiger partial charge >= 0.3 is 5.97 Å². The Labute approximate surface area is 106 Å². The minimum atomic E-state index is -1.06. The zero-order valence-electron chi connectivity index (χ0n) is 10.6. The van der Waals surface area contributed by atoms with Crippen molar-refractivity contribution in [3.63, 3.8) is 0 Å². The zero-order valence-corrected chi connectivity index (χ0v) is 10.6. The van der Waals surface area contributed by atoms with Gasteiger partial charge in [-0.2, -0.15) is 0 Å². The van der Waals surface area contributed by atoms with Gasteiger partial charge in [-0.25, -0.2) is 4.79 Å². The van der Waals surface area contributed by atoms with E-state index in [4.69, 9.17) is 0 Å². The molecule has 0 aromatic heterocycles. The first-order valence-corrected chi connectivity index (χ1v) is 6.06. The van der Waals surface area contributed by atoms with Crippen molar-refractivity contribution in [1.82, 2.24) is 5.32 Å². The Morgan fingerprint density at radius 3 is 2.56 bits per heavy atom. The summed E-state index contributed by atoms with van der Waals surface area (Å²) in [5, 5.41) is 14.6. The molecular formula is C15H17NO2. The van der Waals surface area contributed by atoms with Crippen molar-refractivity contribution in [3.05, 3.63) is 48.0 Å². The van der Waals surface area contributed by atoms with Gasteiger partial charge in [0.25, 0.3) is 0 Å². The van der Waals surface area contributed by atoms with E-state index in [-0.39, 0.29) is 0 Å². The first-order chi connectivity index (χ1) is 8.59. The smallest absolute Gasteiger partial charge is 0.328 e. The molecule has 2 aromatic rings. The Hall–Kier alpha value is -1.87. The molecule has 0 saturated carbocycles. The maximum atomic E-state index is 11.6. The van der Waals surface area contributed by atoms with Crippen LogP contribution in [0.25, 0.3) is 10.8 Å². The van der Waals surface area contributed by atoms with E-state index < -0.39 is 11.5 Å². The summed E-state index contributed by atoms with van der Waals surface area (Å²) in [7, 11) is 0. The molecule has 2 rings (SSSR count). The van der Waals surface area contributed by atoms with Gasteiger partial charge in [0.2, 0.25) is 0 Å². The van der Waals surface area contributed by atoms with Gasteiger partial charge < -0.3 is 5.11 Å². The number of carboxylic acid groups (broad SMARTS) is 1. The van der Waals surface area contributed by atoms with Crippen LogP contribution < -0.4 is 5.32 Å². The number of nitrogens with one attached hydrogen (secondary N) is 1. The highest BCUT2D eigenvalue weighted by atomic mass is 16.4. The SMILES string of the molecule is CCNC(C)(C(=O)O)c1cccc2ccccc12. The number of rotatable bonds is 4. The van der Waals surface area contributed by atoms with Gasteiger partial charge in [-0.1, -0.05) is 49.4 Å². The van der Waals surface area contributed by atoms with E-state index in [1.54, 1.807) is 6.92 Å². The lowest BCUT2D eigenvalue weighted by Crippen LogP contribution is -2.46. The molecule has 18 heavy (non-hydrogen) atoms. The summed E-state index contributed by atoms with van der Waals surface area (Å²) >= 11 is 0. The van der Waals surface area contributed by atoms with Crippen molar-refractivity contribution in [2.75, 3.05) is 6.54 Å². The van der Waals surface area contributed by atoms with Crippen LogP contribution in [-0.2, 0) is 10.3 Å². The van der Waals surface area contributed by atoms with E-state index in [2.05, 4.69) is 5.32 Å². The first-order valence-electron chi connectivity index (χ1n) is 6.06. The Bertz CT molecular complexity index is 574. The van der Waals surface area contributed by atoms with Crippen LogP contribution >= 0.6 is 0 Å². The second-order valence-corrected chi connectivity index (χ2v) is 4.49. The van der Waals surface area contributed by atoms with Crippen LogP contribution in [0.5, 0.6) is 0 Å². The van der Waals surface area contributed by atoms with E-state index in [1.165, 1.54) is 0 Å². The van der Waals surface area contributed by atoms with Crippen LogP contribution in [0.2, 0.25) is 0 Å². The molecule has 2 N–H and O–H groups in total. The molecule has 0 saturated heterocycles. The minimum absolute atomic E-state index is 0.603. The van der Waals surface area contributed by atoms with Crippen molar-refractivity contribution in [2.24, 2.45) is 0 Å². The van der Waals surface area contributed by atoms with E-state index in [0.717, 1.165) is 16.3 Å². The van der Waals surface area contributed by atoms with Crippen LogP contribution in [0, 0.1) is 0 Å². The average molecular weight is 243 g/mol. The number of benzene rings is 2. The number of likely N-dealkylation sites (N-methyl/N-ethyl adjacent to an activating group) is 1. The summed E-state index contributed by atoms with van der Waals surface area (Å²) in [6.07, 6.45) is 0. The summed E-state index contributed by atoms with van der Waals surface area (Å²) in [6.45, 7) is 4.22. The molecule has 2 aromatic carbocycles. The number of hydrogen-bond donors (Lipinski definition) is 2. The van der Waals surface area contributed by atoms with E-state index in [1.807, 2.05) is 49.4 Å². The lowest BCUT2D eigenvalue weighted by molar-refractivity contribution is -0.144. The highest BCUT2D eigenvalue weighted by Crippen LogP contribution is 2.28. The molecule has 1 atom stereocenters. The van der Waals surface area contributed by atoms with Crippen LogP contribution in [0.4, 0.5) is 0 Å². The van der Waals surface area contributed by atoms with Crippen molar-refractivity contribution in [1.29, 1.82) is 0 Å². The Balaban J connectivity index is 2.68. The van der Waals surface area contributed by atoms with Crippen molar-refractivity contribution in [2.45, 2.75) is 19.4 Å². The van der Waals surface area contributed by atoms with Gasteiger partial charge in [0, 0.05) is 0 Å². The number of carboxylic acids is 1. The van der Waals surface area contributed by atoms with E-state index in [9.17, 15) is 9.90 Å². The standard InChI is InChI=1S/C15H17NO2/c1-3-16-15(2,14(17)18)13-10-6-8-11-7-4-5-9-12(11)13/h4-10,16H,3H2,1-2H3,(H,17,18). The quantitative estimate of drug-likeness (QED) is 0.868. The number of fused-ring (bicyclic) bond motifs is 1. The van der Waals surface area contributed by atoms with Gasteiger partial charge in [-0.15, -0.1) is 0 Å². The molecular weight excluding hydrogens is 226 g/mol. The summed E-state index contributed by atoms with van der Waals surface area (Å²) in [5.74, 6) is -0.860. The zero-order chi connectivity index (χ0) is 13.2. The third-order valence-electron chi connectivity index (χ3n) is 3.29.